The first-order chi connectivity index (χ1) is 10.9. The van der Waals surface area contributed by atoms with Crippen molar-refractivity contribution >= 4 is 0 Å². The summed E-state index contributed by atoms with van der Waals surface area (Å²) >= 11 is 0. The summed E-state index contributed by atoms with van der Waals surface area (Å²) < 4.78 is 0. The minimum Gasteiger partial charge on any atom is -0.0617 e. The Hall–Kier alpha value is -0.780. The summed E-state index contributed by atoms with van der Waals surface area (Å²) in [5.74, 6) is 2.40. The van der Waals surface area contributed by atoms with Crippen molar-refractivity contribution in [2.75, 3.05) is 0 Å². The molecule has 1 saturated carbocycles. The van der Waals surface area contributed by atoms with Crippen molar-refractivity contribution in [3.8, 4) is 0 Å². The minimum atomic E-state index is 0.255. The quantitative estimate of drug-likeness (QED) is 0.542. The second-order valence-electron chi connectivity index (χ2n) is 8.98. The van der Waals surface area contributed by atoms with E-state index >= 15 is 0 Å². The van der Waals surface area contributed by atoms with E-state index in [2.05, 4.69) is 58.9 Å². The molecule has 0 spiro atoms. The first kappa shape index (κ1) is 18.6. The molecule has 1 aliphatic carbocycles. The average Bonchev–Trinajstić information content (AvgIpc) is 2.66. The maximum absolute atomic E-state index is 2.50. The van der Waals surface area contributed by atoms with Crippen LogP contribution in [0.15, 0.2) is 24.3 Å². The van der Waals surface area contributed by atoms with Crippen molar-refractivity contribution in [1.29, 1.82) is 0 Å². The third kappa shape index (κ3) is 5.37. The third-order valence-corrected chi connectivity index (χ3v) is 6.23. The molecule has 0 radical (unpaired) electrons. The Morgan fingerprint density at radius 2 is 1.26 bits per heavy atom. The van der Waals surface area contributed by atoms with Gasteiger partial charge in [0.2, 0.25) is 0 Å². The zero-order chi connectivity index (χ0) is 16.9. The normalized spacial score (nSPS) is 21.1. The van der Waals surface area contributed by atoms with Gasteiger partial charge in [-0.1, -0.05) is 110 Å². The molecule has 0 heteroatoms. The van der Waals surface area contributed by atoms with E-state index in [0.29, 0.717) is 5.92 Å². The SMILES string of the molecule is CC(c1ccc(C(C)(C)C)cc1)C(C)C1CCCCCCCC1. The van der Waals surface area contributed by atoms with Gasteiger partial charge in [-0.3, -0.25) is 0 Å². The van der Waals surface area contributed by atoms with Crippen molar-refractivity contribution in [3.63, 3.8) is 0 Å². The van der Waals surface area contributed by atoms with Gasteiger partial charge in [0.15, 0.2) is 0 Å². The van der Waals surface area contributed by atoms with E-state index in [9.17, 15) is 0 Å². The van der Waals surface area contributed by atoms with Crippen LogP contribution in [0.25, 0.3) is 0 Å². The number of hydrogen-bond donors (Lipinski definition) is 0. The molecule has 130 valence electrons. The van der Waals surface area contributed by atoms with Crippen LogP contribution < -0.4 is 0 Å². The molecule has 0 aliphatic heterocycles. The van der Waals surface area contributed by atoms with Crippen LogP contribution in [0.1, 0.15) is 103 Å². The van der Waals surface area contributed by atoms with Gasteiger partial charge in [-0.15, -0.1) is 0 Å². The van der Waals surface area contributed by atoms with E-state index in [1.165, 1.54) is 62.5 Å². The molecule has 0 N–H and O–H groups in total. The molecular formula is C23H38. The van der Waals surface area contributed by atoms with Crippen molar-refractivity contribution in [2.45, 2.75) is 97.3 Å². The summed E-state index contributed by atoms with van der Waals surface area (Å²) in [6.45, 7) is 11.8. The molecule has 1 aromatic carbocycles. The smallest absolute Gasteiger partial charge is 0.0132 e. The molecule has 1 fully saturated rings. The highest BCUT2D eigenvalue weighted by Crippen LogP contribution is 2.37. The lowest BCUT2D eigenvalue weighted by molar-refractivity contribution is 0.271. The van der Waals surface area contributed by atoms with Gasteiger partial charge in [-0.05, 0) is 34.3 Å². The summed E-state index contributed by atoms with van der Waals surface area (Å²) in [7, 11) is 0. The zero-order valence-corrected chi connectivity index (χ0v) is 16.2. The monoisotopic (exact) mass is 314 g/mol. The van der Waals surface area contributed by atoms with E-state index < -0.39 is 0 Å². The molecule has 1 aliphatic rings. The molecule has 0 saturated heterocycles. The fourth-order valence-electron chi connectivity index (χ4n) is 4.19. The van der Waals surface area contributed by atoms with Gasteiger partial charge >= 0.3 is 0 Å². The lowest BCUT2D eigenvalue weighted by Gasteiger charge is -2.30. The van der Waals surface area contributed by atoms with Crippen molar-refractivity contribution in [1.82, 2.24) is 0 Å². The fourth-order valence-corrected chi connectivity index (χ4v) is 4.19. The number of benzene rings is 1. The maximum atomic E-state index is 2.50. The van der Waals surface area contributed by atoms with Crippen LogP contribution in [-0.4, -0.2) is 0 Å². The summed E-state index contributed by atoms with van der Waals surface area (Å²) in [6.07, 6.45) is 11.6. The van der Waals surface area contributed by atoms with Gasteiger partial charge in [-0.25, -0.2) is 0 Å². The Bertz CT molecular complexity index is 438. The lowest BCUT2D eigenvalue weighted by atomic mass is 9.75. The van der Waals surface area contributed by atoms with E-state index in [-0.39, 0.29) is 5.41 Å². The maximum Gasteiger partial charge on any atom is -0.0132 e. The average molecular weight is 315 g/mol. The fraction of sp³-hybridized carbons (Fsp3) is 0.739. The highest BCUT2D eigenvalue weighted by atomic mass is 14.3. The second kappa shape index (κ2) is 8.36. The molecular weight excluding hydrogens is 276 g/mol. The highest BCUT2D eigenvalue weighted by Gasteiger charge is 2.24. The van der Waals surface area contributed by atoms with Gasteiger partial charge in [0, 0.05) is 0 Å². The van der Waals surface area contributed by atoms with E-state index in [4.69, 9.17) is 0 Å². The van der Waals surface area contributed by atoms with Crippen molar-refractivity contribution < 1.29 is 0 Å². The van der Waals surface area contributed by atoms with Crippen LogP contribution in [0, 0.1) is 11.8 Å². The van der Waals surface area contributed by atoms with E-state index in [1.54, 1.807) is 0 Å². The predicted octanol–water partition coefficient (Wildman–Crippen LogP) is 7.47. The Morgan fingerprint density at radius 1 is 0.783 bits per heavy atom. The van der Waals surface area contributed by atoms with Gasteiger partial charge in [0.05, 0.1) is 0 Å². The number of rotatable bonds is 3. The molecule has 1 aromatic rings. The first-order valence-corrected chi connectivity index (χ1v) is 10.00. The Kier molecular flexibility index (Phi) is 6.74. The standard InChI is InChI=1S/C23H38/c1-18(20-12-10-8-6-7-9-11-13-20)19(2)21-14-16-22(17-15-21)23(3,4)5/h14-20H,6-13H2,1-5H3. The number of hydrogen-bond acceptors (Lipinski definition) is 0. The molecule has 0 amide bonds. The predicted molar refractivity (Wildman–Crippen MR) is 103 cm³/mol. The third-order valence-electron chi connectivity index (χ3n) is 6.23. The van der Waals surface area contributed by atoms with Crippen molar-refractivity contribution in [3.05, 3.63) is 35.4 Å². The van der Waals surface area contributed by atoms with Crippen LogP contribution in [0.2, 0.25) is 0 Å². The molecule has 2 atom stereocenters. The van der Waals surface area contributed by atoms with Gasteiger partial charge in [-0.2, -0.15) is 0 Å². The molecule has 0 heterocycles. The van der Waals surface area contributed by atoms with Crippen LogP contribution >= 0.6 is 0 Å². The highest BCUT2D eigenvalue weighted by molar-refractivity contribution is 5.29. The Balaban J connectivity index is 2.03. The van der Waals surface area contributed by atoms with E-state index in [0.717, 1.165) is 11.8 Å². The molecule has 2 unspecified atom stereocenters. The minimum absolute atomic E-state index is 0.255. The summed E-state index contributed by atoms with van der Waals surface area (Å²) in [5.41, 5.74) is 3.24. The molecule has 23 heavy (non-hydrogen) atoms. The first-order valence-electron chi connectivity index (χ1n) is 10.00. The summed E-state index contributed by atoms with van der Waals surface area (Å²) in [4.78, 5) is 0. The summed E-state index contributed by atoms with van der Waals surface area (Å²) in [6, 6.07) is 9.47. The van der Waals surface area contributed by atoms with E-state index in [1.807, 2.05) is 0 Å². The molecule has 0 aromatic heterocycles. The van der Waals surface area contributed by atoms with Gasteiger partial charge in [0.25, 0.3) is 0 Å². The Labute approximate surface area is 145 Å². The largest absolute Gasteiger partial charge is 0.0617 e. The lowest BCUT2D eigenvalue weighted by Crippen LogP contribution is -2.18. The molecule has 0 nitrogen and oxygen atoms in total. The van der Waals surface area contributed by atoms with Gasteiger partial charge in [0.1, 0.15) is 0 Å². The second-order valence-corrected chi connectivity index (χ2v) is 8.98. The summed E-state index contributed by atoms with van der Waals surface area (Å²) in [5, 5.41) is 0. The molecule has 0 bridgehead atoms. The van der Waals surface area contributed by atoms with Gasteiger partial charge < -0.3 is 0 Å². The zero-order valence-electron chi connectivity index (χ0n) is 16.2. The van der Waals surface area contributed by atoms with Crippen LogP contribution in [0.4, 0.5) is 0 Å². The Morgan fingerprint density at radius 3 is 1.74 bits per heavy atom. The van der Waals surface area contributed by atoms with Crippen LogP contribution in [0.3, 0.4) is 0 Å². The molecule has 2 rings (SSSR count). The van der Waals surface area contributed by atoms with Crippen LogP contribution in [-0.2, 0) is 5.41 Å². The van der Waals surface area contributed by atoms with Crippen molar-refractivity contribution in [2.24, 2.45) is 11.8 Å². The van der Waals surface area contributed by atoms with Crippen LogP contribution in [0.5, 0.6) is 0 Å². The topological polar surface area (TPSA) is 0 Å².